The maximum absolute atomic E-state index is 4.60. The molecule has 6 nitrogen and oxygen atoms in total. The lowest BCUT2D eigenvalue weighted by Crippen LogP contribution is -2.40. The Morgan fingerprint density at radius 1 is 1.29 bits per heavy atom. The first kappa shape index (κ1) is 15.7. The van der Waals surface area contributed by atoms with Crippen molar-refractivity contribution in [3.63, 3.8) is 0 Å². The van der Waals surface area contributed by atoms with Gasteiger partial charge in [-0.25, -0.2) is 14.1 Å². The molecule has 4 rings (SSSR count). The van der Waals surface area contributed by atoms with Gasteiger partial charge in [0.2, 0.25) is 0 Å². The topological polar surface area (TPSA) is 49.9 Å². The van der Waals surface area contributed by atoms with Crippen LogP contribution in [0.5, 0.6) is 0 Å². The molecule has 2 aromatic rings. The summed E-state index contributed by atoms with van der Waals surface area (Å²) in [6.07, 6.45) is 7.18. The Balaban J connectivity index is 1.75. The molecular formula is C18H29N6+. The molecule has 2 aromatic heterocycles. The van der Waals surface area contributed by atoms with Crippen LogP contribution in [0.1, 0.15) is 39.5 Å². The van der Waals surface area contributed by atoms with Crippen molar-refractivity contribution in [1.29, 1.82) is 0 Å². The first-order valence-corrected chi connectivity index (χ1v) is 9.16. The Labute approximate surface area is 143 Å². The standard InChI is InChI=1S/C18H29N6/c1-11(2)22(3)18-23(4)15-16(19-10-20-17(15)24(18)5)21-14-9-12-6-7-13(14)8-12/h10-14H,6-9H2,1-5H3,(H,19,20,21)/q+1/t12-,13+,14?/m0/s1. The highest BCUT2D eigenvalue weighted by Crippen LogP contribution is 2.45. The van der Waals surface area contributed by atoms with Crippen molar-refractivity contribution in [1.82, 2.24) is 14.5 Å². The molecule has 24 heavy (non-hydrogen) atoms. The molecule has 2 aliphatic carbocycles. The van der Waals surface area contributed by atoms with E-state index in [-0.39, 0.29) is 0 Å². The van der Waals surface area contributed by atoms with Gasteiger partial charge in [-0.05, 0) is 44.9 Å². The Bertz CT molecular complexity index is 764. The van der Waals surface area contributed by atoms with E-state index in [4.69, 9.17) is 0 Å². The number of rotatable bonds is 4. The molecule has 6 heteroatoms. The van der Waals surface area contributed by atoms with Gasteiger partial charge in [-0.2, -0.15) is 0 Å². The van der Waals surface area contributed by atoms with Crippen LogP contribution in [-0.4, -0.2) is 33.7 Å². The third-order valence-corrected chi connectivity index (χ3v) is 6.21. The van der Waals surface area contributed by atoms with E-state index in [2.05, 4.69) is 64.3 Å². The van der Waals surface area contributed by atoms with Crippen LogP contribution in [0.3, 0.4) is 0 Å². The molecule has 2 heterocycles. The van der Waals surface area contributed by atoms with Crippen molar-refractivity contribution >= 4 is 22.9 Å². The van der Waals surface area contributed by atoms with Crippen molar-refractivity contribution < 1.29 is 4.57 Å². The Morgan fingerprint density at radius 2 is 2.08 bits per heavy atom. The van der Waals surface area contributed by atoms with Gasteiger partial charge < -0.3 is 5.32 Å². The van der Waals surface area contributed by atoms with Gasteiger partial charge in [0.05, 0.1) is 13.1 Å². The minimum Gasteiger partial charge on any atom is -0.364 e. The van der Waals surface area contributed by atoms with Crippen LogP contribution in [0.2, 0.25) is 0 Å². The van der Waals surface area contributed by atoms with Crippen LogP contribution in [0, 0.1) is 11.8 Å². The lowest BCUT2D eigenvalue weighted by atomic mass is 9.95. The summed E-state index contributed by atoms with van der Waals surface area (Å²) in [7, 11) is 6.34. The van der Waals surface area contributed by atoms with E-state index < -0.39 is 0 Å². The van der Waals surface area contributed by atoms with E-state index in [1.165, 1.54) is 25.7 Å². The molecule has 0 spiro atoms. The van der Waals surface area contributed by atoms with E-state index in [1.54, 1.807) is 6.33 Å². The van der Waals surface area contributed by atoms with Crippen LogP contribution in [0.4, 0.5) is 11.8 Å². The SMILES string of the molecule is CC(C)N(C)c1n(C)c2c(NC3C[C@H]4CC[C@@H]3C4)ncnc2[n+]1C. The monoisotopic (exact) mass is 329 g/mol. The number of fused-ring (bicyclic) bond motifs is 3. The van der Waals surface area contributed by atoms with E-state index in [1.807, 2.05) is 0 Å². The average Bonchev–Trinajstić information content (AvgIpc) is 3.22. The largest absolute Gasteiger partial charge is 0.364 e. The van der Waals surface area contributed by atoms with Crippen LogP contribution in [0.25, 0.3) is 11.2 Å². The predicted octanol–water partition coefficient (Wildman–Crippen LogP) is 2.24. The van der Waals surface area contributed by atoms with Crippen molar-refractivity contribution in [3.05, 3.63) is 6.33 Å². The second-order valence-corrected chi connectivity index (χ2v) is 7.94. The number of nitrogens with zero attached hydrogens (tertiary/aromatic N) is 5. The van der Waals surface area contributed by atoms with Crippen LogP contribution in [0.15, 0.2) is 6.33 Å². The smallest absolute Gasteiger partial charge is 0.319 e. The molecule has 0 aliphatic heterocycles. The number of hydrogen-bond donors (Lipinski definition) is 1. The van der Waals surface area contributed by atoms with Gasteiger partial charge in [0.1, 0.15) is 0 Å². The quantitative estimate of drug-likeness (QED) is 0.874. The molecule has 2 bridgehead atoms. The molecular weight excluding hydrogens is 300 g/mol. The summed E-state index contributed by atoms with van der Waals surface area (Å²) in [6, 6.07) is 1.00. The summed E-state index contributed by atoms with van der Waals surface area (Å²) in [4.78, 5) is 11.4. The summed E-state index contributed by atoms with van der Waals surface area (Å²) in [5, 5.41) is 3.76. The second-order valence-electron chi connectivity index (χ2n) is 7.94. The van der Waals surface area contributed by atoms with Crippen molar-refractivity contribution in [2.45, 2.75) is 51.6 Å². The van der Waals surface area contributed by atoms with Crippen molar-refractivity contribution in [3.8, 4) is 0 Å². The van der Waals surface area contributed by atoms with Crippen molar-refractivity contribution in [2.75, 3.05) is 17.3 Å². The first-order valence-electron chi connectivity index (χ1n) is 9.16. The van der Waals surface area contributed by atoms with E-state index in [9.17, 15) is 0 Å². The summed E-state index contributed by atoms with van der Waals surface area (Å²) in [5.41, 5.74) is 2.09. The molecule has 3 atom stereocenters. The number of aromatic nitrogens is 4. The summed E-state index contributed by atoms with van der Waals surface area (Å²) in [5.74, 6) is 3.89. The molecule has 0 saturated heterocycles. The van der Waals surface area contributed by atoms with Crippen LogP contribution >= 0.6 is 0 Å². The number of anilines is 2. The van der Waals surface area contributed by atoms with Crippen molar-refractivity contribution in [2.24, 2.45) is 25.9 Å². The molecule has 2 fully saturated rings. The molecule has 2 saturated carbocycles. The van der Waals surface area contributed by atoms with E-state index >= 15 is 0 Å². The first-order chi connectivity index (χ1) is 11.5. The third-order valence-electron chi connectivity index (χ3n) is 6.21. The summed E-state index contributed by atoms with van der Waals surface area (Å²) < 4.78 is 4.40. The maximum Gasteiger partial charge on any atom is 0.319 e. The van der Waals surface area contributed by atoms with Gasteiger partial charge in [-0.15, -0.1) is 4.98 Å². The summed E-state index contributed by atoms with van der Waals surface area (Å²) in [6.45, 7) is 4.41. The van der Waals surface area contributed by atoms with Gasteiger partial charge >= 0.3 is 5.95 Å². The third kappa shape index (κ3) is 2.26. The van der Waals surface area contributed by atoms with Gasteiger partial charge in [-0.3, -0.25) is 4.90 Å². The molecule has 0 radical (unpaired) electrons. The van der Waals surface area contributed by atoms with Gasteiger partial charge in [0.15, 0.2) is 17.7 Å². The summed E-state index contributed by atoms with van der Waals surface area (Å²) >= 11 is 0. The highest BCUT2D eigenvalue weighted by Gasteiger charge is 2.40. The zero-order valence-corrected chi connectivity index (χ0v) is 15.5. The molecule has 0 amide bonds. The highest BCUT2D eigenvalue weighted by molar-refractivity contribution is 5.82. The van der Waals surface area contributed by atoms with Gasteiger partial charge in [0.25, 0.3) is 5.65 Å². The average molecular weight is 329 g/mol. The second kappa shape index (κ2) is 5.60. The zero-order chi connectivity index (χ0) is 17.0. The fourth-order valence-corrected chi connectivity index (χ4v) is 4.75. The lowest BCUT2D eigenvalue weighted by molar-refractivity contribution is -0.634. The Kier molecular flexibility index (Phi) is 3.66. The predicted molar refractivity (Wildman–Crippen MR) is 96.1 cm³/mol. The van der Waals surface area contributed by atoms with E-state index in [0.29, 0.717) is 12.1 Å². The van der Waals surface area contributed by atoms with Gasteiger partial charge in [-0.1, -0.05) is 6.42 Å². The Morgan fingerprint density at radius 3 is 2.71 bits per heavy atom. The Hall–Kier alpha value is -1.85. The maximum atomic E-state index is 4.60. The van der Waals surface area contributed by atoms with Crippen LogP contribution < -0.4 is 14.8 Å². The van der Waals surface area contributed by atoms with E-state index in [0.717, 1.165) is 34.8 Å². The number of imidazole rings is 1. The number of aryl methyl sites for hydroxylation is 2. The lowest BCUT2D eigenvalue weighted by Gasteiger charge is -2.23. The normalized spacial score (nSPS) is 25.8. The van der Waals surface area contributed by atoms with Crippen LogP contribution in [-0.2, 0) is 14.1 Å². The minimum absolute atomic E-state index is 0.425. The number of nitrogens with one attached hydrogen (secondary N) is 1. The minimum atomic E-state index is 0.425. The highest BCUT2D eigenvalue weighted by atomic mass is 15.4. The molecule has 2 aliphatic rings. The zero-order valence-electron chi connectivity index (χ0n) is 15.5. The fourth-order valence-electron chi connectivity index (χ4n) is 4.75. The molecule has 1 unspecified atom stereocenters. The fraction of sp³-hybridized carbons (Fsp3) is 0.722. The number of hydrogen-bond acceptors (Lipinski definition) is 4. The van der Waals surface area contributed by atoms with Gasteiger partial charge in [0, 0.05) is 20.1 Å². The molecule has 0 aromatic carbocycles. The molecule has 130 valence electrons. The molecule has 1 N–H and O–H groups in total.